The standard InChI is InChI=1S/C29H55N3O3/c1-4-7-10-11-12-13-14-15-16-17-18-19-20-21-28(34)32-26(29(35)31-25-9-6-3)22-23-27(33)30-24-8-5-2/h4,26H,1,5-25H2,2-3H3,(H,30,33)(H,31,35)(H,32,34)/t26-/m0/s1. The zero-order chi connectivity index (χ0) is 26.0. The van der Waals surface area contributed by atoms with E-state index in [0.717, 1.165) is 51.4 Å². The third-order valence-corrected chi connectivity index (χ3v) is 6.31. The predicted molar refractivity (Wildman–Crippen MR) is 147 cm³/mol. The summed E-state index contributed by atoms with van der Waals surface area (Å²) in [6.07, 6.45) is 21.5. The first kappa shape index (κ1) is 33.1. The molecule has 0 unspecified atom stereocenters. The van der Waals surface area contributed by atoms with Crippen molar-refractivity contribution in [2.75, 3.05) is 13.1 Å². The van der Waals surface area contributed by atoms with Gasteiger partial charge in [0.25, 0.3) is 0 Å². The number of allylic oxidation sites excluding steroid dienone is 1. The Morgan fingerprint density at radius 3 is 1.71 bits per heavy atom. The maximum atomic E-state index is 12.6. The molecule has 0 aromatic heterocycles. The van der Waals surface area contributed by atoms with E-state index in [1.807, 2.05) is 6.08 Å². The third-order valence-electron chi connectivity index (χ3n) is 6.31. The summed E-state index contributed by atoms with van der Waals surface area (Å²) in [6.45, 7) is 9.16. The molecule has 0 aromatic carbocycles. The third kappa shape index (κ3) is 22.4. The van der Waals surface area contributed by atoms with Gasteiger partial charge in [-0.3, -0.25) is 14.4 Å². The second-order valence-corrected chi connectivity index (χ2v) is 9.72. The van der Waals surface area contributed by atoms with Crippen LogP contribution in [0, 0.1) is 0 Å². The van der Waals surface area contributed by atoms with E-state index in [-0.39, 0.29) is 24.1 Å². The summed E-state index contributed by atoms with van der Waals surface area (Å²) >= 11 is 0. The lowest BCUT2D eigenvalue weighted by Gasteiger charge is -2.18. The van der Waals surface area contributed by atoms with Gasteiger partial charge in [-0.2, -0.15) is 0 Å². The molecule has 0 rings (SSSR count). The van der Waals surface area contributed by atoms with Gasteiger partial charge in [0, 0.05) is 25.9 Å². The van der Waals surface area contributed by atoms with Gasteiger partial charge in [-0.05, 0) is 38.5 Å². The fraction of sp³-hybridized carbons (Fsp3) is 0.828. The quantitative estimate of drug-likeness (QED) is 0.102. The first-order valence-electron chi connectivity index (χ1n) is 14.5. The molecule has 0 aliphatic carbocycles. The van der Waals surface area contributed by atoms with Crippen LogP contribution < -0.4 is 16.0 Å². The number of rotatable bonds is 25. The fourth-order valence-electron chi connectivity index (χ4n) is 3.98. The summed E-state index contributed by atoms with van der Waals surface area (Å²) in [5.74, 6) is -0.343. The van der Waals surface area contributed by atoms with E-state index in [1.165, 1.54) is 51.4 Å². The van der Waals surface area contributed by atoms with Gasteiger partial charge in [-0.25, -0.2) is 0 Å². The predicted octanol–water partition coefficient (Wildman–Crippen LogP) is 6.34. The average molecular weight is 494 g/mol. The monoisotopic (exact) mass is 493 g/mol. The normalized spacial score (nSPS) is 11.6. The number of nitrogens with one attached hydrogen (secondary N) is 3. The number of carbonyl (C=O) groups excluding carboxylic acids is 3. The molecule has 0 aliphatic heterocycles. The second-order valence-electron chi connectivity index (χ2n) is 9.72. The zero-order valence-corrected chi connectivity index (χ0v) is 22.9. The van der Waals surface area contributed by atoms with Crippen molar-refractivity contribution in [1.29, 1.82) is 0 Å². The van der Waals surface area contributed by atoms with Crippen LogP contribution in [0.5, 0.6) is 0 Å². The van der Waals surface area contributed by atoms with Gasteiger partial charge in [-0.15, -0.1) is 6.58 Å². The zero-order valence-electron chi connectivity index (χ0n) is 22.9. The van der Waals surface area contributed by atoms with Crippen LogP contribution in [-0.2, 0) is 14.4 Å². The average Bonchev–Trinajstić information content (AvgIpc) is 2.84. The van der Waals surface area contributed by atoms with Crippen molar-refractivity contribution in [3.05, 3.63) is 12.7 Å². The molecule has 0 spiro atoms. The lowest BCUT2D eigenvalue weighted by Crippen LogP contribution is -2.47. The van der Waals surface area contributed by atoms with Gasteiger partial charge < -0.3 is 16.0 Å². The Morgan fingerprint density at radius 1 is 0.657 bits per heavy atom. The van der Waals surface area contributed by atoms with Gasteiger partial charge in [0.1, 0.15) is 6.04 Å². The molecule has 6 nitrogen and oxygen atoms in total. The fourth-order valence-corrected chi connectivity index (χ4v) is 3.98. The summed E-state index contributed by atoms with van der Waals surface area (Å²) in [4.78, 5) is 37.0. The maximum Gasteiger partial charge on any atom is 0.242 e. The summed E-state index contributed by atoms with van der Waals surface area (Å²) in [5, 5.41) is 8.64. The van der Waals surface area contributed by atoms with Crippen LogP contribution >= 0.6 is 0 Å². The van der Waals surface area contributed by atoms with Gasteiger partial charge in [0.15, 0.2) is 0 Å². The molecule has 6 heteroatoms. The Morgan fingerprint density at radius 2 is 1.17 bits per heavy atom. The van der Waals surface area contributed by atoms with Gasteiger partial charge in [0.2, 0.25) is 17.7 Å². The van der Waals surface area contributed by atoms with Gasteiger partial charge >= 0.3 is 0 Å². The molecule has 0 bridgehead atoms. The highest BCUT2D eigenvalue weighted by molar-refractivity contribution is 5.88. The van der Waals surface area contributed by atoms with E-state index < -0.39 is 6.04 Å². The SMILES string of the molecule is C=CCCCCCCCCCCCCCC(=O)N[C@@H](CCC(=O)NCCCC)C(=O)NCCCC. The molecule has 0 saturated carbocycles. The Bertz CT molecular complexity index is 551. The molecule has 35 heavy (non-hydrogen) atoms. The summed E-state index contributed by atoms with van der Waals surface area (Å²) in [5.41, 5.74) is 0. The molecule has 0 saturated heterocycles. The Labute approximate surface area is 215 Å². The lowest BCUT2D eigenvalue weighted by atomic mass is 10.0. The van der Waals surface area contributed by atoms with Crippen molar-refractivity contribution in [2.45, 2.75) is 142 Å². The van der Waals surface area contributed by atoms with Crippen LogP contribution in [0.2, 0.25) is 0 Å². The molecular formula is C29H55N3O3. The van der Waals surface area contributed by atoms with Crippen molar-refractivity contribution in [3.63, 3.8) is 0 Å². The smallest absolute Gasteiger partial charge is 0.242 e. The van der Waals surface area contributed by atoms with Crippen LogP contribution in [-0.4, -0.2) is 36.9 Å². The molecule has 3 N–H and O–H groups in total. The van der Waals surface area contributed by atoms with E-state index >= 15 is 0 Å². The van der Waals surface area contributed by atoms with Gasteiger partial charge in [0.05, 0.1) is 0 Å². The molecule has 0 radical (unpaired) electrons. The Kier molecular flexibility index (Phi) is 23.9. The lowest BCUT2D eigenvalue weighted by molar-refractivity contribution is -0.129. The molecule has 0 fully saturated rings. The minimum atomic E-state index is -0.645. The van der Waals surface area contributed by atoms with Crippen molar-refractivity contribution < 1.29 is 14.4 Å². The first-order valence-corrected chi connectivity index (χ1v) is 14.5. The van der Waals surface area contributed by atoms with E-state index in [4.69, 9.17) is 0 Å². The van der Waals surface area contributed by atoms with E-state index in [9.17, 15) is 14.4 Å². The molecular weight excluding hydrogens is 438 g/mol. The minimum Gasteiger partial charge on any atom is -0.356 e. The van der Waals surface area contributed by atoms with E-state index in [0.29, 0.717) is 25.9 Å². The molecule has 0 aromatic rings. The van der Waals surface area contributed by atoms with Crippen molar-refractivity contribution in [1.82, 2.24) is 16.0 Å². The Hall–Kier alpha value is -1.85. The summed E-state index contributed by atoms with van der Waals surface area (Å²) < 4.78 is 0. The number of hydrogen-bond acceptors (Lipinski definition) is 3. The van der Waals surface area contributed by atoms with Crippen molar-refractivity contribution in [3.8, 4) is 0 Å². The van der Waals surface area contributed by atoms with Gasteiger partial charge in [-0.1, -0.05) is 90.6 Å². The minimum absolute atomic E-state index is 0.0632. The van der Waals surface area contributed by atoms with Crippen LogP contribution in [0.25, 0.3) is 0 Å². The number of unbranched alkanes of at least 4 members (excludes halogenated alkanes) is 13. The van der Waals surface area contributed by atoms with E-state index in [1.54, 1.807) is 0 Å². The molecule has 3 amide bonds. The number of amides is 3. The second kappa shape index (κ2) is 25.2. The highest BCUT2D eigenvalue weighted by Crippen LogP contribution is 2.12. The van der Waals surface area contributed by atoms with Crippen molar-refractivity contribution in [2.24, 2.45) is 0 Å². The van der Waals surface area contributed by atoms with E-state index in [2.05, 4.69) is 36.4 Å². The summed E-state index contributed by atoms with van der Waals surface area (Å²) in [6, 6.07) is -0.645. The molecule has 204 valence electrons. The molecule has 0 aliphatic rings. The number of hydrogen-bond donors (Lipinski definition) is 3. The van der Waals surface area contributed by atoms with Crippen LogP contribution in [0.3, 0.4) is 0 Å². The topological polar surface area (TPSA) is 87.3 Å². The maximum absolute atomic E-state index is 12.6. The van der Waals surface area contributed by atoms with Crippen molar-refractivity contribution >= 4 is 17.7 Å². The highest BCUT2D eigenvalue weighted by atomic mass is 16.2. The summed E-state index contributed by atoms with van der Waals surface area (Å²) in [7, 11) is 0. The van der Waals surface area contributed by atoms with Crippen LogP contribution in [0.15, 0.2) is 12.7 Å². The first-order chi connectivity index (χ1) is 17.0. The largest absolute Gasteiger partial charge is 0.356 e. The Balaban J connectivity index is 4.05. The van der Waals surface area contributed by atoms with Crippen LogP contribution in [0.1, 0.15) is 136 Å². The van der Waals surface area contributed by atoms with Crippen LogP contribution in [0.4, 0.5) is 0 Å². The highest BCUT2D eigenvalue weighted by Gasteiger charge is 2.21. The molecule has 0 heterocycles. The number of carbonyl (C=O) groups is 3. The molecule has 1 atom stereocenters.